The first-order valence-corrected chi connectivity index (χ1v) is 9.67. The van der Waals surface area contributed by atoms with Gasteiger partial charge in [-0.05, 0) is 29.7 Å². The van der Waals surface area contributed by atoms with E-state index >= 15 is 0 Å². The lowest BCUT2D eigenvalue weighted by Crippen LogP contribution is -2.42. The van der Waals surface area contributed by atoms with E-state index in [1.165, 1.54) is 16.4 Å². The fourth-order valence-electron chi connectivity index (χ4n) is 2.92. The molecule has 1 atom stereocenters. The largest absolute Gasteiger partial charge is 0.207 e. The summed E-state index contributed by atoms with van der Waals surface area (Å²) in [7, 11) is -0.881. The predicted octanol–water partition coefficient (Wildman–Crippen LogP) is 4.24. The van der Waals surface area contributed by atoms with Crippen molar-refractivity contribution in [2.45, 2.75) is 18.9 Å². The summed E-state index contributed by atoms with van der Waals surface area (Å²) < 4.78 is 13.5. The van der Waals surface area contributed by atoms with Gasteiger partial charge in [0.2, 0.25) is 0 Å². The molecule has 3 aromatic carbocycles. The van der Waals surface area contributed by atoms with Gasteiger partial charge in [-0.1, -0.05) is 90.1 Å². The fraction of sp³-hybridized carbons (Fsp3) is 0.143. The molecule has 0 spiro atoms. The Morgan fingerprint density at radius 2 is 1.35 bits per heavy atom. The molecule has 0 saturated carbocycles. The van der Waals surface area contributed by atoms with Crippen molar-refractivity contribution < 1.29 is 4.39 Å². The van der Waals surface area contributed by atoms with E-state index in [0.717, 1.165) is 11.6 Å². The summed E-state index contributed by atoms with van der Waals surface area (Å²) in [5, 5.41) is 2.82. The maximum Gasteiger partial charge on any atom is 0.123 e. The fourth-order valence-corrected chi connectivity index (χ4v) is 5.76. The second kappa shape index (κ2) is 7.38. The van der Waals surface area contributed by atoms with Crippen molar-refractivity contribution >= 4 is 19.2 Å². The minimum absolute atomic E-state index is 0.150. The summed E-state index contributed by atoms with van der Waals surface area (Å²) in [4.78, 5) is 0. The molecule has 2 heteroatoms. The Morgan fingerprint density at radius 1 is 0.783 bits per heavy atom. The third kappa shape index (κ3) is 3.96. The van der Waals surface area contributed by atoms with Gasteiger partial charge in [0.15, 0.2) is 0 Å². The second-order valence-electron chi connectivity index (χ2n) is 5.87. The summed E-state index contributed by atoms with van der Waals surface area (Å²) in [5.74, 6) is 0.183. The van der Waals surface area contributed by atoms with Crippen LogP contribution in [-0.4, -0.2) is 8.80 Å². The van der Waals surface area contributed by atoms with E-state index in [0.29, 0.717) is 5.92 Å². The minimum atomic E-state index is -0.881. The number of halogens is 1. The Balaban J connectivity index is 1.90. The van der Waals surface area contributed by atoms with Gasteiger partial charge in [-0.2, -0.15) is 0 Å². The third-order valence-corrected chi connectivity index (χ3v) is 7.25. The molecule has 0 bridgehead atoms. The molecule has 0 N–H and O–H groups in total. The predicted molar refractivity (Wildman–Crippen MR) is 97.5 cm³/mol. The van der Waals surface area contributed by atoms with Crippen LogP contribution in [0.1, 0.15) is 18.4 Å². The van der Waals surface area contributed by atoms with E-state index in [2.05, 4.69) is 67.6 Å². The molecule has 0 aliphatic carbocycles. The molecular weight excluding hydrogens is 299 g/mol. The second-order valence-corrected chi connectivity index (χ2v) is 8.39. The summed E-state index contributed by atoms with van der Waals surface area (Å²) in [6.07, 6.45) is 0. The number of rotatable bonds is 5. The normalized spacial score (nSPS) is 12.3. The van der Waals surface area contributed by atoms with Crippen molar-refractivity contribution in [3.8, 4) is 0 Å². The summed E-state index contributed by atoms with van der Waals surface area (Å²) >= 11 is 0. The van der Waals surface area contributed by atoms with Gasteiger partial charge in [-0.25, -0.2) is 4.39 Å². The van der Waals surface area contributed by atoms with Gasteiger partial charge in [-0.3, -0.25) is 0 Å². The maximum atomic E-state index is 13.5. The lowest BCUT2D eigenvalue weighted by atomic mass is 10.0. The Labute approximate surface area is 139 Å². The average Bonchev–Trinajstić information content (AvgIpc) is 2.61. The molecule has 1 radical (unpaired) electrons. The quantitative estimate of drug-likeness (QED) is 0.617. The number of hydrogen-bond acceptors (Lipinski definition) is 0. The zero-order valence-corrected chi connectivity index (χ0v) is 14.2. The molecule has 3 rings (SSSR count). The van der Waals surface area contributed by atoms with E-state index in [1.54, 1.807) is 12.1 Å². The van der Waals surface area contributed by atoms with Crippen molar-refractivity contribution in [1.29, 1.82) is 0 Å². The van der Waals surface area contributed by atoms with Crippen molar-refractivity contribution in [2.75, 3.05) is 0 Å². The molecule has 0 aliphatic rings. The molecule has 0 heterocycles. The molecule has 0 aliphatic heterocycles. The van der Waals surface area contributed by atoms with E-state index in [1.807, 2.05) is 6.07 Å². The van der Waals surface area contributed by atoms with Crippen molar-refractivity contribution in [1.82, 2.24) is 0 Å². The van der Waals surface area contributed by atoms with Crippen molar-refractivity contribution in [3.05, 3.63) is 96.3 Å². The number of benzene rings is 3. The molecule has 3 aromatic rings. The van der Waals surface area contributed by atoms with Crippen LogP contribution in [0, 0.1) is 5.82 Å². The molecule has 115 valence electrons. The van der Waals surface area contributed by atoms with Crippen LogP contribution in [0.25, 0.3) is 0 Å². The molecule has 0 unspecified atom stereocenters. The van der Waals surface area contributed by atoms with Crippen LogP contribution in [0.4, 0.5) is 4.39 Å². The van der Waals surface area contributed by atoms with Crippen LogP contribution in [-0.2, 0) is 0 Å². The summed E-state index contributed by atoms with van der Waals surface area (Å²) in [6.45, 7) is 2.20. The molecular formula is C21H20FSi. The molecule has 0 fully saturated rings. The average molecular weight is 319 g/mol. The van der Waals surface area contributed by atoms with Gasteiger partial charge in [0, 0.05) is 0 Å². The van der Waals surface area contributed by atoms with Crippen LogP contribution in [0.3, 0.4) is 0 Å². The third-order valence-electron chi connectivity index (χ3n) is 4.17. The van der Waals surface area contributed by atoms with Gasteiger partial charge in [0.1, 0.15) is 14.6 Å². The number of hydrogen-bond donors (Lipinski definition) is 0. The van der Waals surface area contributed by atoms with Crippen LogP contribution >= 0.6 is 0 Å². The standard InChI is InChI=1S/C21H20FSi/c1-17(18-9-8-10-19(22)15-18)16-23(20-11-4-2-5-12-20)21-13-6-3-7-14-21/h2-15,17H,16H2,1H3/t17-/m1/s1. The van der Waals surface area contributed by atoms with Crippen molar-refractivity contribution in [2.24, 2.45) is 0 Å². The van der Waals surface area contributed by atoms with E-state index in [4.69, 9.17) is 0 Å². The van der Waals surface area contributed by atoms with Crippen LogP contribution < -0.4 is 10.4 Å². The first-order chi connectivity index (χ1) is 11.2. The summed E-state index contributed by atoms with van der Waals surface area (Å²) in [6, 6.07) is 29.5. The molecule has 0 amide bonds. The monoisotopic (exact) mass is 319 g/mol. The highest BCUT2D eigenvalue weighted by Crippen LogP contribution is 2.22. The SMILES string of the molecule is C[C@H](C[Si](c1ccccc1)c1ccccc1)c1cccc(F)c1. The summed E-state index contributed by atoms with van der Waals surface area (Å²) in [5.41, 5.74) is 1.08. The zero-order chi connectivity index (χ0) is 16.1. The van der Waals surface area contributed by atoms with E-state index in [9.17, 15) is 4.39 Å². The van der Waals surface area contributed by atoms with Gasteiger partial charge >= 0.3 is 0 Å². The molecule has 0 aromatic heterocycles. The zero-order valence-electron chi connectivity index (χ0n) is 13.2. The van der Waals surface area contributed by atoms with E-state index < -0.39 is 8.80 Å². The smallest absolute Gasteiger partial charge is 0.123 e. The molecule has 23 heavy (non-hydrogen) atoms. The lowest BCUT2D eigenvalue weighted by molar-refractivity contribution is 0.623. The minimum Gasteiger partial charge on any atom is -0.207 e. The maximum absolute atomic E-state index is 13.5. The van der Waals surface area contributed by atoms with E-state index in [-0.39, 0.29) is 5.82 Å². The lowest BCUT2D eigenvalue weighted by Gasteiger charge is -2.21. The Hall–Kier alpha value is -2.19. The highest BCUT2D eigenvalue weighted by Gasteiger charge is 2.20. The van der Waals surface area contributed by atoms with Gasteiger partial charge in [0.25, 0.3) is 0 Å². The van der Waals surface area contributed by atoms with Crippen LogP contribution in [0.5, 0.6) is 0 Å². The highest BCUT2D eigenvalue weighted by molar-refractivity contribution is 6.85. The van der Waals surface area contributed by atoms with Crippen LogP contribution in [0.2, 0.25) is 6.04 Å². The Bertz CT molecular complexity index is 701. The van der Waals surface area contributed by atoms with Crippen molar-refractivity contribution in [3.63, 3.8) is 0 Å². The first kappa shape index (κ1) is 15.7. The first-order valence-electron chi connectivity index (χ1n) is 7.96. The topological polar surface area (TPSA) is 0 Å². The van der Waals surface area contributed by atoms with Crippen LogP contribution in [0.15, 0.2) is 84.9 Å². The molecule has 0 nitrogen and oxygen atoms in total. The van der Waals surface area contributed by atoms with Gasteiger partial charge < -0.3 is 0 Å². The Kier molecular flexibility index (Phi) is 5.04. The van der Waals surface area contributed by atoms with Gasteiger partial charge in [0.05, 0.1) is 0 Å². The van der Waals surface area contributed by atoms with Gasteiger partial charge in [-0.15, -0.1) is 0 Å². The highest BCUT2D eigenvalue weighted by atomic mass is 28.3. The molecule has 0 saturated heterocycles. The Morgan fingerprint density at radius 3 is 1.87 bits per heavy atom.